The van der Waals surface area contributed by atoms with Crippen LogP contribution in [-0.2, 0) is 6.42 Å². The lowest BCUT2D eigenvalue weighted by Gasteiger charge is -2.05. The Bertz CT molecular complexity index is 340. The molecule has 0 radical (unpaired) electrons. The molecule has 0 aliphatic heterocycles. The van der Waals surface area contributed by atoms with Crippen LogP contribution in [0.25, 0.3) is 0 Å². The summed E-state index contributed by atoms with van der Waals surface area (Å²) in [6.45, 7) is 0. The standard InChI is InChI=1S/C8H10N4S/c9-7(8-10-5-11-12-8)3-6-1-2-13-4-6/h1-2,4-5,7H,3,9H2,(H,10,11,12). The third kappa shape index (κ3) is 1.93. The van der Waals surface area contributed by atoms with Crippen LogP contribution >= 0.6 is 11.3 Å². The predicted octanol–water partition coefficient (Wildman–Crippen LogP) is 1.11. The molecule has 0 amide bonds. The van der Waals surface area contributed by atoms with Crippen LogP contribution in [0.2, 0.25) is 0 Å². The molecule has 1 unspecified atom stereocenters. The molecule has 13 heavy (non-hydrogen) atoms. The molecule has 0 saturated carbocycles. The number of thiophene rings is 1. The minimum atomic E-state index is -0.0860. The second-order valence-electron chi connectivity index (χ2n) is 2.81. The van der Waals surface area contributed by atoms with Gasteiger partial charge in [-0.15, -0.1) is 0 Å². The Balaban J connectivity index is 2.04. The van der Waals surface area contributed by atoms with Gasteiger partial charge < -0.3 is 5.73 Å². The van der Waals surface area contributed by atoms with Crippen LogP contribution in [0, 0.1) is 0 Å². The quantitative estimate of drug-likeness (QED) is 0.769. The number of nitrogens with zero attached hydrogens (tertiary/aromatic N) is 2. The van der Waals surface area contributed by atoms with E-state index < -0.39 is 0 Å². The van der Waals surface area contributed by atoms with Crippen molar-refractivity contribution in [1.82, 2.24) is 15.2 Å². The topological polar surface area (TPSA) is 67.6 Å². The van der Waals surface area contributed by atoms with Gasteiger partial charge in [0.1, 0.15) is 12.2 Å². The van der Waals surface area contributed by atoms with Gasteiger partial charge in [0.25, 0.3) is 0 Å². The molecule has 2 aromatic rings. The zero-order chi connectivity index (χ0) is 9.10. The Morgan fingerprint density at radius 2 is 2.54 bits per heavy atom. The van der Waals surface area contributed by atoms with Crippen LogP contribution < -0.4 is 5.73 Å². The van der Waals surface area contributed by atoms with Crippen molar-refractivity contribution in [2.45, 2.75) is 12.5 Å². The molecule has 0 aliphatic rings. The van der Waals surface area contributed by atoms with Gasteiger partial charge in [-0.2, -0.15) is 16.4 Å². The third-order valence-corrected chi connectivity index (χ3v) is 2.55. The molecule has 0 bridgehead atoms. The van der Waals surface area contributed by atoms with Crippen molar-refractivity contribution in [3.05, 3.63) is 34.5 Å². The molecule has 2 heterocycles. The van der Waals surface area contributed by atoms with E-state index in [1.165, 1.54) is 11.9 Å². The second kappa shape index (κ2) is 3.68. The van der Waals surface area contributed by atoms with Gasteiger partial charge in [-0.1, -0.05) is 0 Å². The first-order valence-corrected chi connectivity index (χ1v) is 4.92. The highest BCUT2D eigenvalue weighted by Crippen LogP contribution is 2.14. The summed E-state index contributed by atoms with van der Waals surface area (Å²) in [5, 5.41) is 10.7. The van der Waals surface area contributed by atoms with Gasteiger partial charge in [-0.25, -0.2) is 4.98 Å². The second-order valence-corrected chi connectivity index (χ2v) is 3.59. The van der Waals surface area contributed by atoms with E-state index in [0.29, 0.717) is 0 Å². The molecule has 0 fully saturated rings. The molecule has 2 rings (SSSR count). The van der Waals surface area contributed by atoms with E-state index in [4.69, 9.17) is 5.73 Å². The van der Waals surface area contributed by atoms with Crippen LogP contribution in [0.15, 0.2) is 23.2 Å². The highest BCUT2D eigenvalue weighted by molar-refractivity contribution is 7.07. The zero-order valence-electron chi connectivity index (χ0n) is 6.97. The van der Waals surface area contributed by atoms with E-state index >= 15 is 0 Å². The smallest absolute Gasteiger partial charge is 0.141 e. The number of hydrogen-bond donors (Lipinski definition) is 2. The van der Waals surface area contributed by atoms with Crippen molar-refractivity contribution >= 4 is 11.3 Å². The van der Waals surface area contributed by atoms with E-state index in [1.54, 1.807) is 11.3 Å². The molecule has 0 saturated heterocycles. The summed E-state index contributed by atoms with van der Waals surface area (Å²) in [6.07, 6.45) is 2.28. The molecule has 0 aliphatic carbocycles. The first-order valence-electron chi connectivity index (χ1n) is 3.98. The van der Waals surface area contributed by atoms with E-state index in [2.05, 4.69) is 26.6 Å². The maximum absolute atomic E-state index is 5.90. The Hall–Kier alpha value is -1.20. The average Bonchev–Trinajstić information content (AvgIpc) is 2.74. The van der Waals surface area contributed by atoms with E-state index in [1.807, 2.05) is 5.38 Å². The zero-order valence-corrected chi connectivity index (χ0v) is 7.79. The minimum Gasteiger partial charge on any atom is -0.321 e. The largest absolute Gasteiger partial charge is 0.321 e. The SMILES string of the molecule is NC(Cc1ccsc1)c1ncn[nH]1. The fourth-order valence-electron chi connectivity index (χ4n) is 1.15. The highest BCUT2D eigenvalue weighted by Gasteiger charge is 2.09. The molecular weight excluding hydrogens is 184 g/mol. The fourth-order valence-corrected chi connectivity index (χ4v) is 1.83. The number of aromatic nitrogens is 3. The lowest BCUT2D eigenvalue weighted by atomic mass is 10.1. The molecule has 0 spiro atoms. The molecule has 3 N–H and O–H groups in total. The summed E-state index contributed by atoms with van der Waals surface area (Å²) in [6, 6.07) is 1.98. The third-order valence-electron chi connectivity index (χ3n) is 1.82. The molecule has 0 aromatic carbocycles. The first-order chi connectivity index (χ1) is 6.36. The maximum atomic E-state index is 5.90. The number of hydrogen-bond acceptors (Lipinski definition) is 4. The van der Waals surface area contributed by atoms with E-state index in [0.717, 1.165) is 12.2 Å². The first kappa shape index (κ1) is 8.40. The Morgan fingerprint density at radius 1 is 1.62 bits per heavy atom. The molecular formula is C8H10N4S. The van der Waals surface area contributed by atoms with Crippen molar-refractivity contribution in [2.75, 3.05) is 0 Å². The lowest BCUT2D eigenvalue weighted by molar-refractivity contribution is 0.672. The molecule has 5 heteroatoms. The average molecular weight is 194 g/mol. The number of rotatable bonds is 3. The van der Waals surface area contributed by atoms with Gasteiger partial charge in [-0.3, -0.25) is 5.10 Å². The lowest BCUT2D eigenvalue weighted by Crippen LogP contribution is -2.14. The number of nitrogens with two attached hydrogens (primary N) is 1. The van der Waals surface area contributed by atoms with Crippen molar-refractivity contribution < 1.29 is 0 Å². The van der Waals surface area contributed by atoms with Crippen molar-refractivity contribution in [3.8, 4) is 0 Å². The fraction of sp³-hybridized carbons (Fsp3) is 0.250. The summed E-state index contributed by atoms with van der Waals surface area (Å²) in [7, 11) is 0. The van der Waals surface area contributed by atoms with E-state index in [-0.39, 0.29) is 6.04 Å². The molecule has 4 nitrogen and oxygen atoms in total. The van der Waals surface area contributed by atoms with Crippen LogP contribution in [-0.4, -0.2) is 15.2 Å². The van der Waals surface area contributed by atoms with Gasteiger partial charge in [0.2, 0.25) is 0 Å². The normalized spacial score (nSPS) is 13.0. The Morgan fingerprint density at radius 3 is 3.15 bits per heavy atom. The predicted molar refractivity (Wildman–Crippen MR) is 51.3 cm³/mol. The molecule has 68 valence electrons. The van der Waals surface area contributed by atoms with Crippen LogP contribution in [0.1, 0.15) is 17.4 Å². The van der Waals surface area contributed by atoms with Crippen molar-refractivity contribution in [2.24, 2.45) is 5.73 Å². The summed E-state index contributed by atoms with van der Waals surface area (Å²) >= 11 is 1.68. The van der Waals surface area contributed by atoms with Gasteiger partial charge >= 0.3 is 0 Å². The summed E-state index contributed by atoms with van der Waals surface area (Å²) in [5.41, 5.74) is 7.15. The Kier molecular flexibility index (Phi) is 2.37. The minimum absolute atomic E-state index is 0.0860. The summed E-state index contributed by atoms with van der Waals surface area (Å²) in [4.78, 5) is 4.01. The number of aromatic amines is 1. The summed E-state index contributed by atoms with van der Waals surface area (Å²) in [5.74, 6) is 0.742. The van der Waals surface area contributed by atoms with Gasteiger partial charge in [-0.05, 0) is 28.8 Å². The van der Waals surface area contributed by atoms with E-state index in [9.17, 15) is 0 Å². The van der Waals surface area contributed by atoms with Crippen LogP contribution in [0.5, 0.6) is 0 Å². The van der Waals surface area contributed by atoms with Gasteiger partial charge in [0.05, 0.1) is 6.04 Å². The van der Waals surface area contributed by atoms with Crippen LogP contribution in [0.4, 0.5) is 0 Å². The summed E-state index contributed by atoms with van der Waals surface area (Å²) < 4.78 is 0. The Labute approximate surface area is 79.8 Å². The van der Waals surface area contributed by atoms with Crippen LogP contribution in [0.3, 0.4) is 0 Å². The maximum Gasteiger partial charge on any atom is 0.141 e. The van der Waals surface area contributed by atoms with Crippen molar-refractivity contribution in [3.63, 3.8) is 0 Å². The highest BCUT2D eigenvalue weighted by atomic mass is 32.1. The molecule has 2 aromatic heterocycles. The monoisotopic (exact) mass is 194 g/mol. The molecule has 1 atom stereocenters. The number of nitrogens with one attached hydrogen (secondary N) is 1. The van der Waals surface area contributed by atoms with Gasteiger partial charge in [0, 0.05) is 0 Å². The van der Waals surface area contributed by atoms with Crippen molar-refractivity contribution in [1.29, 1.82) is 0 Å². The number of H-pyrrole nitrogens is 1. The van der Waals surface area contributed by atoms with Gasteiger partial charge in [0.15, 0.2) is 0 Å².